The summed E-state index contributed by atoms with van der Waals surface area (Å²) in [5, 5.41) is 63.7. The van der Waals surface area contributed by atoms with Crippen molar-refractivity contribution in [2.24, 2.45) is 0 Å². The van der Waals surface area contributed by atoms with Gasteiger partial charge in [-0.2, -0.15) is 0 Å². The first-order valence-electron chi connectivity index (χ1n) is 38.0. The van der Waals surface area contributed by atoms with Crippen LogP contribution in [-0.2, 0) is 74.9 Å². The number of carboxylic acids is 1. The number of carboxylic acid groups (broad SMARTS) is 1. The minimum absolute atomic E-state index is 0.109. The number of carbonyl (C=O) groups is 5. The van der Waals surface area contributed by atoms with Crippen molar-refractivity contribution in [2.45, 2.75) is 83.4 Å². The topological polar surface area (TPSA) is 394 Å². The van der Waals surface area contributed by atoms with Gasteiger partial charge in [0.15, 0.2) is 46.0 Å². The van der Waals surface area contributed by atoms with Gasteiger partial charge in [0, 0.05) is 56.0 Å². The van der Waals surface area contributed by atoms with Crippen LogP contribution in [-0.4, -0.2) is 141 Å². The molecule has 0 saturated heterocycles. The molecule has 0 saturated carbocycles. The largest absolute Gasteiger partial charge is 0.493 e. The maximum Gasteiger partial charge on any atom is 0.342 e. The standard InChI is InChI=1S/C26H24N2O7.C25H24N2O6.C25H26N2O4.C15H13NO6/c1-33-23-13-20(21(28(31)32)14-24(23)35-16-17-8-4-3-5-9-17)25(29)27-15-19-11-7-6-10-18(19)12-22(27)26(30)34-2;1-32-23-12-21(22(27(30)31)13-24(23)33-16-17-7-3-2-4-8-17)25(29)26-14-19-10-6-5-9-18(19)11-20(26)15-28;1-30-23-12-21(22(26)13-24(23)31-16-17-7-3-2-4-8-17)25(29)27-14-19-10-6-5-9-18(19)11-20(27)15-28;1-21-13-7-11(15(17)18)12(16(19)20)8-14(13)22-9-10-5-3-2-4-6-10/h3-11,13-14,22H,12,15-16H2,1-2H3;2-10,12-13,20,28H,11,14-16H2,1H3;2-10,12-13,20,28H,11,14-16,26H2,1H3;2-8H,9H2,1H3,(H,17,18)/t22-;2*20-;/m000./s1. The number of nitrogen functional groups attached to an aromatic ring is 1. The van der Waals surface area contributed by atoms with Gasteiger partial charge >= 0.3 is 11.9 Å². The quantitative estimate of drug-likeness (QED) is 0.0169. The Bertz CT molecular complexity index is 5530. The van der Waals surface area contributed by atoms with Crippen molar-refractivity contribution in [1.29, 1.82) is 0 Å². The summed E-state index contributed by atoms with van der Waals surface area (Å²) in [6.45, 7) is 1.33. The lowest BCUT2D eigenvalue weighted by molar-refractivity contribution is -0.385. The van der Waals surface area contributed by atoms with Crippen molar-refractivity contribution in [3.8, 4) is 46.0 Å². The number of hydrogen-bond donors (Lipinski definition) is 4. The van der Waals surface area contributed by atoms with Crippen LogP contribution in [0.3, 0.4) is 0 Å². The third kappa shape index (κ3) is 21.5. The van der Waals surface area contributed by atoms with Gasteiger partial charge in [-0.05, 0) is 74.5 Å². The molecule has 30 heteroatoms. The van der Waals surface area contributed by atoms with E-state index >= 15 is 0 Å². The van der Waals surface area contributed by atoms with Crippen molar-refractivity contribution in [3.63, 3.8) is 0 Å². The number of methoxy groups -OCH3 is 5. The number of aliphatic hydroxyl groups is 2. The minimum atomic E-state index is -1.40. The monoisotopic (exact) mass is 1650 g/mol. The van der Waals surface area contributed by atoms with Crippen molar-refractivity contribution in [3.05, 3.63) is 351 Å². The second-order valence-electron chi connectivity index (χ2n) is 27.8. The van der Waals surface area contributed by atoms with Crippen molar-refractivity contribution < 1.29 is 96.7 Å². The molecular weight excluding hydrogens is 1560 g/mol. The van der Waals surface area contributed by atoms with E-state index in [0.717, 1.165) is 67.8 Å². The molecule has 5 N–H and O–H groups in total. The average Bonchev–Trinajstić information content (AvgIpc) is 0.775. The van der Waals surface area contributed by atoms with Gasteiger partial charge in [-0.1, -0.05) is 194 Å². The maximum atomic E-state index is 13.6. The van der Waals surface area contributed by atoms with Crippen molar-refractivity contribution in [1.82, 2.24) is 14.7 Å². The van der Waals surface area contributed by atoms with E-state index in [4.69, 9.17) is 53.5 Å². The number of fused-ring (bicyclic) bond motifs is 3. The fourth-order valence-electron chi connectivity index (χ4n) is 13.9. The molecule has 3 atom stereocenters. The van der Waals surface area contributed by atoms with Crippen LogP contribution in [0, 0.1) is 30.3 Å². The predicted octanol–water partition coefficient (Wildman–Crippen LogP) is 14.0. The summed E-state index contributed by atoms with van der Waals surface area (Å²) in [4.78, 5) is 101. The number of nitro benzene ring substituents is 3. The Labute approximate surface area is 695 Å². The molecule has 0 spiro atoms. The Morgan fingerprint density at radius 2 is 0.636 bits per heavy atom. The summed E-state index contributed by atoms with van der Waals surface area (Å²) >= 11 is 0. The summed E-state index contributed by atoms with van der Waals surface area (Å²) in [6, 6.07) is 69.5. The van der Waals surface area contributed by atoms with Crippen molar-refractivity contribution in [2.75, 3.05) is 54.5 Å². The van der Waals surface area contributed by atoms with Crippen LogP contribution >= 0.6 is 0 Å². The number of nitro groups is 3. The first-order chi connectivity index (χ1) is 58.6. The summed E-state index contributed by atoms with van der Waals surface area (Å²) < 4.78 is 49.2. The first-order valence-corrected chi connectivity index (χ1v) is 38.0. The molecule has 30 nitrogen and oxygen atoms in total. The highest BCUT2D eigenvalue weighted by Crippen LogP contribution is 2.42. The number of aromatic carboxylic acids is 1. The van der Waals surface area contributed by atoms with E-state index in [-0.39, 0.29) is 116 Å². The summed E-state index contributed by atoms with van der Waals surface area (Å²) in [5.74, 6) is -1.60. The Morgan fingerprint density at radius 1 is 0.364 bits per heavy atom. The van der Waals surface area contributed by atoms with E-state index in [1.54, 1.807) is 17.0 Å². The van der Waals surface area contributed by atoms with E-state index < -0.39 is 67.5 Å². The highest BCUT2D eigenvalue weighted by molar-refractivity contribution is 6.02. The van der Waals surface area contributed by atoms with Gasteiger partial charge in [-0.15, -0.1) is 0 Å². The molecular formula is C91H87N7O23. The predicted molar refractivity (Wildman–Crippen MR) is 444 cm³/mol. The van der Waals surface area contributed by atoms with Gasteiger partial charge in [-0.25, -0.2) is 9.59 Å². The molecule has 11 aromatic carbocycles. The number of ether oxygens (including phenoxy) is 9. The van der Waals surface area contributed by atoms with Gasteiger partial charge in [0.1, 0.15) is 49.2 Å². The van der Waals surface area contributed by atoms with Gasteiger partial charge < -0.3 is 78.4 Å². The number of benzene rings is 11. The van der Waals surface area contributed by atoms with Crippen LogP contribution in [0.5, 0.6) is 46.0 Å². The third-order valence-corrected chi connectivity index (χ3v) is 20.3. The molecule has 0 aliphatic carbocycles. The zero-order chi connectivity index (χ0) is 86.2. The van der Waals surface area contributed by atoms with E-state index in [1.807, 2.05) is 194 Å². The smallest absolute Gasteiger partial charge is 0.342 e. The molecule has 624 valence electrons. The van der Waals surface area contributed by atoms with E-state index in [2.05, 4.69) is 0 Å². The van der Waals surface area contributed by atoms with Crippen LogP contribution in [0.2, 0.25) is 0 Å². The number of hydrogen-bond acceptors (Lipinski definition) is 23. The molecule has 0 fully saturated rings. The number of carbonyl (C=O) groups excluding carboxylic acids is 4. The highest BCUT2D eigenvalue weighted by Gasteiger charge is 2.40. The third-order valence-electron chi connectivity index (χ3n) is 20.3. The normalized spacial score (nSPS) is 14.0. The second-order valence-corrected chi connectivity index (χ2v) is 27.8. The van der Waals surface area contributed by atoms with E-state index in [1.165, 1.54) is 69.6 Å². The van der Waals surface area contributed by atoms with Crippen LogP contribution in [0.15, 0.2) is 243 Å². The molecule has 0 unspecified atom stereocenters. The fraction of sp³-hybridized carbons (Fsp3) is 0.220. The van der Waals surface area contributed by atoms with E-state index in [0.29, 0.717) is 48.7 Å². The van der Waals surface area contributed by atoms with Gasteiger partial charge in [0.25, 0.3) is 34.8 Å². The Morgan fingerprint density at radius 3 is 0.950 bits per heavy atom. The Hall–Kier alpha value is -14.9. The molecule has 3 amide bonds. The number of nitrogens with zero attached hydrogens (tertiary/aromatic N) is 6. The van der Waals surface area contributed by atoms with Crippen LogP contribution < -0.4 is 43.6 Å². The lowest BCUT2D eigenvalue weighted by atomic mass is 9.93. The number of amides is 3. The Kier molecular flexibility index (Phi) is 29.7. The lowest BCUT2D eigenvalue weighted by Crippen LogP contribution is -2.49. The molecule has 0 aromatic heterocycles. The van der Waals surface area contributed by atoms with Gasteiger partial charge in [-0.3, -0.25) is 44.7 Å². The molecule has 121 heavy (non-hydrogen) atoms. The van der Waals surface area contributed by atoms with E-state index in [9.17, 15) is 64.5 Å². The zero-order valence-corrected chi connectivity index (χ0v) is 66.6. The highest BCUT2D eigenvalue weighted by atomic mass is 16.6. The number of esters is 1. The molecule has 11 aromatic rings. The summed E-state index contributed by atoms with van der Waals surface area (Å²) in [5.41, 5.74) is 14.4. The average molecular weight is 1650 g/mol. The number of anilines is 1. The summed E-state index contributed by atoms with van der Waals surface area (Å²) in [6.07, 6.45) is 1.33. The maximum absolute atomic E-state index is 13.6. The number of nitrogens with two attached hydrogens (primary N) is 1. The molecule has 14 rings (SSSR count). The molecule has 3 heterocycles. The number of rotatable bonds is 26. The van der Waals surface area contributed by atoms with Gasteiger partial charge in [0.2, 0.25) is 0 Å². The van der Waals surface area contributed by atoms with Crippen LogP contribution in [0.1, 0.15) is 97.1 Å². The zero-order valence-electron chi connectivity index (χ0n) is 66.6. The molecule has 0 bridgehead atoms. The van der Waals surface area contributed by atoms with Crippen LogP contribution in [0.25, 0.3) is 0 Å². The SMILES string of the molecule is COC(=O)[C@@H]1Cc2ccccc2CN1C(=O)c1cc(OC)c(OCc2ccccc2)cc1[N+](=O)[O-].COc1cc(C(=O)N2Cc3ccccc3C[C@H]2CO)c(N)cc1OCc1ccccc1.COc1cc(C(=O)N2Cc3ccccc3C[C@H]2CO)c([N+](=O)[O-])cc1OCc1ccccc1.COc1cc(C(=O)O)c([N+](=O)[O-])cc1OCc1ccccc1. The minimum Gasteiger partial charge on any atom is -0.493 e. The van der Waals surface area contributed by atoms with Gasteiger partial charge in [0.05, 0.1) is 99.4 Å². The lowest BCUT2D eigenvalue weighted by Gasteiger charge is -2.36. The second kappa shape index (κ2) is 41.3. The van der Waals surface area contributed by atoms with Crippen molar-refractivity contribution >= 4 is 52.4 Å². The molecule has 0 radical (unpaired) electrons. The first kappa shape index (κ1) is 86.9. The van der Waals surface area contributed by atoms with Crippen LogP contribution in [0.4, 0.5) is 22.7 Å². The Balaban J connectivity index is 0.000000159. The fourth-order valence-corrected chi connectivity index (χ4v) is 13.9. The number of aliphatic hydroxyl groups excluding tert-OH is 2. The summed E-state index contributed by atoms with van der Waals surface area (Å²) in [7, 11) is 6.92. The molecule has 3 aliphatic rings. The molecule has 3 aliphatic heterocycles.